The highest BCUT2D eigenvalue weighted by Gasteiger charge is 2.39. The number of rotatable bonds is 6. The summed E-state index contributed by atoms with van der Waals surface area (Å²) in [5.74, 6) is -0.0158. The van der Waals surface area contributed by atoms with Gasteiger partial charge in [-0.25, -0.2) is 19.0 Å². The average Bonchev–Trinajstić information content (AvgIpc) is 3.44. The maximum absolute atomic E-state index is 15.4. The second kappa shape index (κ2) is 9.99. The number of aliphatic hydroxyl groups is 1. The predicted molar refractivity (Wildman–Crippen MR) is 135 cm³/mol. The van der Waals surface area contributed by atoms with Gasteiger partial charge in [-0.1, -0.05) is 36.7 Å². The van der Waals surface area contributed by atoms with Crippen LogP contribution < -0.4 is 5.32 Å². The molecule has 186 valence electrons. The summed E-state index contributed by atoms with van der Waals surface area (Å²) in [5, 5.41) is 19.1. The monoisotopic (exact) mass is 520 g/mol. The minimum atomic E-state index is -1.12. The van der Waals surface area contributed by atoms with E-state index >= 15 is 4.39 Å². The first-order valence-electron chi connectivity index (χ1n) is 11.6. The van der Waals surface area contributed by atoms with E-state index in [0.717, 1.165) is 16.6 Å². The van der Waals surface area contributed by atoms with Crippen molar-refractivity contribution in [2.24, 2.45) is 0 Å². The highest BCUT2D eigenvalue weighted by atomic mass is 35.5. The number of ether oxygens (including phenoxy) is 1. The fourth-order valence-electron chi connectivity index (χ4n) is 4.78. The Morgan fingerprint density at radius 2 is 2.14 bits per heavy atom. The fourth-order valence-corrected chi connectivity index (χ4v) is 5.35. The van der Waals surface area contributed by atoms with Crippen molar-refractivity contribution >= 4 is 51.4 Å². The third-order valence-electron chi connectivity index (χ3n) is 6.83. The lowest BCUT2D eigenvalue weighted by atomic mass is 9.86. The van der Waals surface area contributed by atoms with Crippen molar-refractivity contribution in [1.82, 2.24) is 24.6 Å². The van der Waals surface area contributed by atoms with Crippen LogP contribution in [0.25, 0.3) is 16.6 Å². The van der Waals surface area contributed by atoms with Gasteiger partial charge in [-0.15, -0.1) is 0 Å². The summed E-state index contributed by atoms with van der Waals surface area (Å²) in [6, 6.07) is 3.46. The summed E-state index contributed by atoms with van der Waals surface area (Å²) < 4.78 is 22.3. The number of fused-ring (bicyclic) bond motifs is 1. The van der Waals surface area contributed by atoms with Crippen LogP contribution in [0.4, 0.5) is 16.0 Å². The fraction of sp³-hybridized carbons (Fsp3) is 0.458. The van der Waals surface area contributed by atoms with Crippen molar-refractivity contribution in [3.63, 3.8) is 0 Å². The molecule has 4 atom stereocenters. The number of alkyl halides is 1. The zero-order valence-electron chi connectivity index (χ0n) is 19.3. The molecule has 3 aromatic rings. The van der Waals surface area contributed by atoms with Crippen LogP contribution in [0.5, 0.6) is 0 Å². The van der Waals surface area contributed by atoms with Crippen LogP contribution in [-0.4, -0.2) is 74.4 Å². The normalized spacial score (nSPS) is 25.3. The van der Waals surface area contributed by atoms with Crippen LogP contribution in [0.2, 0.25) is 10.2 Å². The third-order valence-corrected chi connectivity index (χ3v) is 7.52. The first kappa shape index (κ1) is 24.4. The second-order valence-electron chi connectivity index (χ2n) is 9.01. The van der Waals surface area contributed by atoms with E-state index in [2.05, 4.69) is 27.0 Å². The molecule has 35 heavy (non-hydrogen) atoms. The maximum Gasteiger partial charge on any atom is 0.227 e. The molecule has 2 aromatic heterocycles. The van der Waals surface area contributed by atoms with Gasteiger partial charge in [0.2, 0.25) is 5.95 Å². The number of nitrogens with one attached hydrogen (secondary N) is 1. The number of nitrogens with zero attached hydrogens (tertiary/aromatic N) is 5. The van der Waals surface area contributed by atoms with Crippen molar-refractivity contribution in [2.45, 2.75) is 44.0 Å². The van der Waals surface area contributed by atoms with Gasteiger partial charge in [0.25, 0.3) is 0 Å². The molecule has 5 rings (SSSR count). The highest BCUT2D eigenvalue weighted by Crippen LogP contribution is 2.38. The largest absolute Gasteiger partial charge is 0.389 e. The number of hydrogen-bond acceptors (Lipinski definition) is 7. The van der Waals surface area contributed by atoms with Crippen LogP contribution in [0.3, 0.4) is 0 Å². The minimum absolute atomic E-state index is 0.159. The smallest absolute Gasteiger partial charge is 0.227 e. The number of aromatic nitrogens is 4. The van der Waals surface area contributed by atoms with Gasteiger partial charge < -0.3 is 15.2 Å². The van der Waals surface area contributed by atoms with Crippen LogP contribution in [0.1, 0.15) is 31.2 Å². The van der Waals surface area contributed by atoms with Gasteiger partial charge in [-0.2, -0.15) is 5.10 Å². The molecule has 2 saturated heterocycles. The topological polar surface area (TPSA) is 88.3 Å². The SMILES string of the molecule is C=C(CC)n1ncc(Nc2ncc3cc(Cl)c([C@H]4CCN([C@@H]5COC[C@@H]5O)C[C@@H]4F)cc3n2)c1Cl. The second-order valence-corrected chi connectivity index (χ2v) is 9.78. The van der Waals surface area contributed by atoms with Crippen LogP contribution in [0, 0.1) is 0 Å². The minimum Gasteiger partial charge on any atom is -0.389 e. The van der Waals surface area contributed by atoms with E-state index in [-0.39, 0.29) is 18.5 Å². The van der Waals surface area contributed by atoms with Crippen molar-refractivity contribution in [1.29, 1.82) is 0 Å². The van der Waals surface area contributed by atoms with Gasteiger partial charge in [-0.3, -0.25) is 4.90 Å². The average molecular weight is 521 g/mol. The number of anilines is 2. The Morgan fingerprint density at radius 1 is 1.31 bits per heavy atom. The van der Waals surface area contributed by atoms with Gasteiger partial charge in [-0.05, 0) is 37.1 Å². The van der Waals surface area contributed by atoms with Gasteiger partial charge in [0, 0.05) is 34.8 Å². The number of piperidine rings is 1. The molecule has 0 aliphatic carbocycles. The van der Waals surface area contributed by atoms with E-state index in [1.807, 2.05) is 17.9 Å². The Labute approximate surface area is 212 Å². The summed E-state index contributed by atoms with van der Waals surface area (Å²) >= 11 is 13.0. The summed E-state index contributed by atoms with van der Waals surface area (Å²) in [6.45, 7) is 7.54. The Kier molecular flexibility index (Phi) is 6.96. The standard InChI is InChI=1S/C24H27Cl2FN6O2/c1-3-13(2)33-23(26)20(9-29-33)31-24-28-8-14-6-17(25)16(7-19(14)30-24)15-4-5-32(10-18(15)27)21-11-35-12-22(21)34/h6-9,15,18,21-22,34H,2-5,10-12H2,1H3,(H,28,30,31)/t15-,18+,21-,22+/m1/s1. The lowest BCUT2D eigenvalue weighted by molar-refractivity contribution is 0.0353. The zero-order chi connectivity index (χ0) is 24.7. The summed E-state index contributed by atoms with van der Waals surface area (Å²) in [6.07, 6.45) is 2.86. The molecular formula is C24H27Cl2FN6O2. The number of aliphatic hydroxyl groups excluding tert-OH is 1. The molecule has 2 N–H and O–H groups in total. The summed E-state index contributed by atoms with van der Waals surface area (Å²) in [4.78, 5) is 11.0. The molecule has 1 aromatic carbocycles. The van der Waals surface area contributed by atoms with Gasteiger partial charge >= 0.3 is 0 Å². The van der Waals surface area contributed by atoms with E-state index in [0.29, 0.717) is 59.9 Å². The van der Waals surface area contributed by atoms with Crippen LogP contribution in [0.15, 0.2) is 31.1 Å². The number of allylic oxidation sites excluding steroid dienone is 1. The van der Waals surface area contributed by atoms with E-state index in [1.165, 1.54) is 0 Å². The Balaban J connectivity index is 1.37. The molecular weight excluding hydrogens is 494 g/mol. The molecule has 11 heteroatoms. The number of benzene rings is 1. The van der Waals surface area contributed by atoms with Crippen molar-refractivity contribution < 1.29 is 14.2 Å². The highest BCUT2D eigenvalue weighted by molar-refractivity contribution is 6.32. The molecule has 0 saturated carbocycles. The van der Waals surface area contributed by atoms with E-state index < -0.39 is 12.3 Å². The lowest BCUT2D eigenvalue weighted by Gasteiger charge is -2.39. The summed E-state index contributed by atoms with van der Waals surface area (Å²) in [7, 11) is 0. The predicted octanol–water partition coefficient (Wildman–Crippen LogP) is 4.64. The zero-order valence-corrected chi connectivity index (χ0v) is 20.8. The third kappa shape index (κ3) is 4.75. The van der Waals surface area contributed by atoms with Crippen LogP contribution in [-0.2, 0) is 4.74 Å². The Bertz CT molecular complexity index is 1250. The molecule has 4 heterocycles. The molecule has 2 aliphatic heterocycles. The molecule has 0 bridgehead atoms. The molecule has 0 amide bonds. The molecule has 0 radical (unpaired) electrons. The van der Waals surface area contributed by atoms with E-state index in [4.69, 9.17) is 27.9 Å². The number of halogens is 3. The molecule has 2 aliphatic rings. The number of hydrogen-bond donors (Lipinski definition) is 2. The van der Waals surface area contributed by atoms with Crippen molar-refractivity contribution in [3.8, 4) is 0 Å². The number of likely N-dealkylation sites (tertiary alicyclic amines) is 1. The van der Waals surface area contributed by atoms with Crippen molar-refractivity contribution in [3.05, 3.63) is 46.8 Å². The first-order valence-corrected chi connectivity index (χ1v) is 12.4. The lowest BCUT2D eigenvalue weighted by Crippen LogP contribution is -2.50. The maximum atomic E-state index is 15.4. The Morgan fingerprint density at radius 3 is 2.86 bits per heavy atom. The molecule has 2 fully saturated rings. The molecule has 0 unspecified atom stereocenters. The van der Waals surface area contributed by atoms with Gasteiger partial charge in [0.05, 0.1) is 42.8 Å². The summed E-state index contributed by atoms with van der Waals surface area (Å²) in [5.41, 5.74) is 2.70. The van der Waals surface area contributed by atoms with Gasteiger partial charge in [0.15, 0.2) is 5.15 Å². The Hall–Kier alpha value is -2.30. The first-order chi connectivity index (χ1) is 16.9. The molecule has 0 spiro atoms. The van der Waals surface area contributed by atoms with E-state index in [9.17, 15) is 5.11 Å². The quantitative estimate of drug-likeness (QED) is 0.489. The molecule has 8 nitrogen and oxygen atoms in total. The van der Waals surface area contributed by atoms with Crippen LogP contribution >= 0.6 is 23.2 Å². The van der Waals surface area contributed by atoms with Crippen molar-refractivity contribution in [2.75, 3.05) is 31.6 Å². The van der Waals surface area contributed by atoms with Gasteiger partial charge in [0.1, 0.15) is 6.17 Å². The van der Waals surface area contributed by atoms with E-state index in [1.54, 1.807) is 23.1 Å².